The van der Waals surface area contributed by atoms with Crippen LogP contribution >= 0.6 is 23.4 Å². The average molecular weight is 622 g/mol. The molecule has 3 N–H and O–H groups in total. The molecule has 0 aliphatic heterocycles. The van der Waals surface area contributed by atoms with Crippen LogP contribution in [0.5, 0.6) is 0 Å². The van der Waals surface area contributed by atoms with Gasteiger partial charge >= 0.3 is 0 Å². The Balaban J connectivity index is 1.25. The maximum Gasteiger partial charge on any atom is 0.272 e. The van der Waals surface area contributed by atoms with Crippen LogP contribution in [0.25, 0.3) is 17.4 Å². The molecule has 3 amide bonds. The molecule has 0 unspecified atom stereocenters. The fraction of sp³-hybridized carbons (Fsp3) is 0.0571. The van der Waals surface area contributed by atoms with Crippen LogP contribution in [0.1, 0.15) is 21.7 Å². The number of nitrogens with one attached hydrogen (secondary N) is 3. The van der Waals surface area contributed by atoms with Crippen LogP contribution < -0.4 is 16.0 Å². The third-order valence-electron chi connectivity index (χ3n) is 6.42. The molecule has 0 radical (unpaired) electrons. The van der Waals surface area contributed by atoms with Gasteiger partial charge in [-0.2, -0.15) is 0 Å². The van der Waals surface area contributed by atoms with Crippen molar-refractivity contribution in [1.82, 2.24) is 5.32 Å². The number of anilines is 2. The van der Waals surface area contributed by atoms with Crippen molar-refractivity contribution in [3.8, 4) is 11.3 Å². The van der Waals surface area contributed by atoms with Crippen LogP contribution in [0.3, 0.4) is 0 Å². The highest BCUT2D eigenvalue weighted by atomic mass is 35.5. The minimum absolute atomic E-state index is 0.0142. The van der Waals surface area contributed by atoms with E-state index in [2.05, 4.69) is 16.0 Å². The highest BCUT2D eigenvalue weighted by Crippen LogP contribution is 2.25. The zero-order valence-electron chi connectivity index (χ0n) is 23.7. The third-order valence-corrected chi connectivity index (χ3v) is 7.86. The van der Waals surface area contributed by atoms with E-state index in [1.807, 2.05) is 67.6 Å². The van der Waals surface area contributed by atoms with Crippen LogP contribution in [-0.2, 0) is 9.59 Å². The minimum atomic E-state index is -0.523. The molecule has 0 fully saturated rings. The van der Waals surface area contributed by atoms with Crippen LogP contribution in [0, 0.1) is 6.92 Å². The van der Waals surface area contributed by atoms with E-state index in [1.165, 1.54) is 17.8 Å². The number of benzene rings is 4. The van der Waals surface area contributed by atoms with Gasteiger partial charge in [-0.15, -0.1) is 11.8 Å². The number of thioether (sulfide) groups is 1. The molecule has 1 aromatic heterocycles. The molecular formula is C35H28ClN3O4S. The maximum atomic E-state index is 13.4. The first-order chi connectivity index (χ1) is 21.3. The molecule has 1 heterocycles. The summed E-state index contributed by atoms with van der Waals surface area (Å²) >= 11 is 7.42. The van der Waals surface area contributed by atoms with E-state index in [-0.39, 0.29) is 17.4 Å². The third kappa shape index (κ3) is 8.28. The summed E-state index contributed by atoms with van der Waals surface area (Å²) in [6, 6.07) is 34.2. The van der Waals surface area contributed by atoms with Crippen molar-refractivity contribution in [2.75, 3.05) is 16.4 Å². The summed E-state index contributed by atoms with van der Waals surface area (Å²) in [5.41, 5.74) is 3.40. The van der Waals surface area contributed by atoms with Crippen LogP contribution in [0.4, 0.5) is 11.4 Å². The molecule has 9 heteroatoms. The highest BCUT2D eigenvalue weighted by Gasteiger charge is 2.16. The lowest BCUT2D eigenvalue weighted by Crippen LogP contribution is -2.30. The average Bonchev–Trinajstić information content (AvgIpc) is 3.51. The van der Waals surface area contributed by atoms with Crippen molar-refractivity contribution in [2.45, 2.75) is 11.8 Å². The SMILES string of the molecule is Cc1cc(NC(=O)CSc2ccc(NC(=O)C(=Cc3ccc(-c4ccccc4)o3)NC(=O)c3ccccc3)cc2)ccc1Cl. The molecule has 44 heavy (non-hydrogen) atoms. The smallest absolute Gasteiger partial charge is 0.272 e. The Labute approximate surface area is 264 Å². The Hall–Kier alpha value is -5.05. The monoisotopic (exact) mass is 621 g/mol. The molecular weight excluding hydrogens is 594 g/mol. The van der Waals surface area contributed by atoms with E-state index >= 15 is 0 Å². The predicted octanol–water partition coefficient (Wildman–Crippen LogP) is 8.05. The van der Waals surface area contributed by atoms with Crippen molar-refractivity contribution >= 4 is 58.5 Å². The largest absolute Gasteiger partial charge is 0.457 e. The molecule has 7 nitrogen and oxygen atoms in total. The summed E-state index contributed by atoms with van der Waals surface area (Å²) in [5.74, 6) is 0.147. The van der Waals surface area contributed by atoms with Crippen molar-refractivity contribution in [3.05, 3.63) is 143 Å². The molecule has 0 spiro atoms. The Kier molecular flexibility index (Phi) is 9.96. The zero-order chi connectivity index (χ0) is 30.9. The first kappa shape index (κ1) is 30.4. The van der Waals surface area contributed by atoms with E-state index in [0.29, 0.717) is 33.5 Å². The van der Waals surface area contributed by atoms with Gasteiger partial charge < -0.3 is 20.4 Å². The molecule has 5 aromatic rings. The quantitative estimate of drug-likeness (QED) is 0.108. The molecule has 0 aliphatic carbocycles. The number of carbonyl (C=O) groups is 3. The number of rotatable bonds is 10. The molecule has 0 atom stereocenters. The topological polar surface area (TPSA) is 100 Å². The van der Waals surface area contributed by atoms with Gasteiger partial charge in [-0.05, 0) is 79.2 Å². The summed E-state index contributed by atoms with van der Waals surface area (Å²) < 4.78 is 5.95. The fourth-order valence-corrected chi connectivity index (χ4v) is 4.99. The van der Waals surface area contributed by atoms with Crippen molar-refractivity contribution in [3.63, 3.8) is 0 Å². The zero-order valence-corrected chi connectivity index (χ0v) is 25.2. The summed E-state index contributed by atoms with van der Waals surface area (Å²) in [4.78, 5) is 39.6. The molecule has 5 rings (SSSR count). The Morgan fingerprint density at radius 1 is 0.795 bits per heavy atom. The van der Waals surface area contributed by atoms with Crippen LogP contribution in [0.2, 0.25) is 5.02 Å². The Bertz CT molecular complexity index is 1800. The lowest BCUT2D eigenvalue weighted by atomic mass is 10.2. The van der Waals surface area contributed by atoms with E-state index < -0.39 is 11.8 Å². The van der Waals surface area contributed by atoms with Gasteiger partial charge in [0, 0.05) is 38.5 Å². The van der Waals surface area contributed by atoms with Gasteiger partial charge in [-0.25, -0.2) is 0 Å². The predicted molar refractivity (Wildman–Crippen MR) is 177 cm³/mol. The second-order valence-electron chi connectivity index (χ2n) is 9.73. The van der Waals surface area contributed by atoms with Gasteiger partial charge in [0.1, 0.15) is 17.2 Å². The lowest BCUT2D eigenvalue weighted by molar-refractivity contribution is -0.114. The van der Waals surface area contributed by atoms with Crippen LogP contribution in [0.15, 0.2) is 130 Å². The van der Waals surface area contributed by atoms with Gasteiger partial charge in [0.05, 0.1) is 5.75 Å². The summed E-state index contributed by atoms with van der Waals surface area (Å²) in [6.07, 6.45) is 1.49. The number of hydrogen-bond acceptors (Lipinski definition) is 5. The molecule has 0 saturated carbocycles. The molecule has 0 saturated heterocycles. The van der Waals surface area contributed by atoms with Crippen LogP contribution in [-0.4, -0.2) is 23.5 Å². The van der Waals surface area contributed by atoms with Crippen molar-refractivity contribution < 1.29 is 18.8 Å². The van der Waals surface area contributed by atoms with E-state index in [0.717, 1.165) is 16.0 Å². The van der Waals surface area contributed by atoms with Gasteiger partial charge in [0.25, 0.3) is 11.8 Å². The van der Waals surface area contributed by atoms with Gasteiger partial charge in [-0.1, -0.05) is 60.1 Å². The number of furan rings is 1. The molecule has 220 valence electrons. The Morgan fingerprint density at radius 3 is 2.18 bits per heavy atom. The first-order valence-electron chi connectivity index (χ1n) is 13.7. The number of amides is 3. The second kappa shape index (κ2) is 14.4. The summed E-state index contributed by atoms with van der Waals surface area (Å²) in [7, 11) is 0. The summed E-state index contributed by atoms with van der Waals surface area (Å²) in [5, 5.41) is 9.05. The Morgan fingerprint density at radius 2 is 1.48 bits per heavy atom. The number of aryl methyl sites for hydroxylation is 1. The van der Waals surface area contributed by atoms with E-state index in [9.17, 15) is 14.4 Å². The normalized spacial score (nSPS) is 11.1. The van der Waals surface area contributed by atoms with E-state index in [4.69, 9.17) is 16.0 Å². The second-order valence-corrected chi connectivity index (χ2v) is 11.2. The molecule has 0 aliphatic rings. The van der Waals surface area contributed by atoms with Gasteiger partial charge in [0.2, 0.25) is 5.91 Å². The number of hydrogen-bond donors (Lipinski definition) is 3. The molecule has 0 bridgehead atoms. The summed E-state index contributed by atoms with van der Waals surface area (Å²) in [6.45, 7) is 1.88. The number of halogens is 1. The van der Waals surface area contributed by atoms with E-state index in [1.54, 1.807) is 54.6 Å². The first-order valence-corrected chi connectivity index (χ1v) is 15.0. The van der Waals surface area contributed by atoms with Gasteiger partial charge in [-0.3, -0.25) is 14.4 Å². The lowest BCUT2D eigenvalue weighted by Gasteiger charge is -2.11. The van der Waals surface area contributed by atoms with Crippen molar-refractivity contribution in [1.29, 1.82) is 0 Å². The van der Waals surface area contributed by atoms with Gasteiger partial charge in [0.15, 0.2) is 0 Å². The highest BCUT2D eigenvalue weighted by molar-refractivity contribution is 8.00. The van der Waals surface area contributed by atoms with Crippen molar-refractivity contribution in [2.24, 2.45) is 0 Å². The number of carbonyl (C=O) groups excluding carboxylic acids is 3. The fourth-order valence-electron chi connectivity index (χ4n) is 4.17. The minimum Gasteiger partial charge on any atom is -0.457 e. The maximum absolute atomic E-state index is 13.4. The standard InChI is InChI=1S/C35H28ClN3O4S/c1-23-20-27(14-18-30(23)36)37-33(40)22-44-29-16-12-26(13-17-29)38-35(42)31(39-34(41)25-10-6-3-7-11-25)21-28-15-19-32(43-28)24-8-4-2-5-9-24/h2-21H,22H2,1H3,(H,37,40)(H,38,42)(H,39,41). The molecule has 4 aromatic carbocycles.